The molecule has 122 valence electrons. The van der Waals surface area contributed by atoms with Gasteiger partial charge in [0.1, 0.15) is 5.82 Å². The summed E-state index contributed by atoms with van der Waals surface area (Å²) in [7, 11) is 0. The minimum Gasteiger partial charge on any atom is -0.395 e. The quantitative estimate of drug-likeness (QED) is 0.844. The lowest BCUT2D eigenvalue weighted by Gasteiger charge is -2.33. The summed E-state index contributed by atoms with van der Waals surface area (Å²) in [4.78, 5) is 14.2. The van der Waals surface area contributed by atoms with Crippen molar-refractivity contribution in [3.63, 3.8) is 0 Å². The number of rotatable bonds is 6. The summed E-state index contributed by atoms with van der Waals surface area (Å²) < 4.78 is 13.0. The van der Waals surface area contributed by atoms with Gasteiger partial charge in [-0.05, 0) is 31.0 Å². The summed E-state index contributed by atoms with van der Waals surface area (Å²) in [6, 6.07) is 4.22. The minimum absolute atomic E-state index is 0.0289. The van der Waals surface area contributed by atoms with Crippen LogP contribution in [-0.4, -0.2) is 41.7 Å². The fraction of sp³-hybridized carbons (Fsp3) is 0.562. The molecule has 1 fully saturated rings. The number of hydrogen-bond acceptors (Lipinski definition) is 3. The SMILES string of the molecule is O=C(CN(CCO)C1CCCCC1)Nc1ccc(F)cc1Cl. The molecule has 1 saturated carbocycles. The molecule has 0 unspecified atom stereocenters. The summed E-state index contributed by atoms with van der Waals surface area (Å²) in [6.45, 7) is 0.718. The van der Waals surface area contributed by atoms with Crippen LogP contribution < -0.4 is 5.32 Å². The lowest BCUT2D eigenvalue weighted by atomic mass is 9.94. The van der Waals surface area contributed by atoms with Crippen molar-refractivity contribution < 1.29 is 14.3 Å². The van der Waals surface area contributed by atoms with Crippen molar-refractivity contribution >= 4 is 23.2 Å². The maximum atomic E-state index is 13.0. The molecule has 6 heteroatoms. The van der Waals surface area contributed by atoms with Crippen LogP contribution in [-0.2, 0) is 4.79 Å². The summed E-state index contributed by atoms with van der Waals surface area (Å²) in [5.41, 5.74) is 0.403. The van der Waals surface area contributed by atoms with Gasteiger partial charge < -0.3 is 10.4 Å². The van der Waals surface area contributed by atoms with E-state index in [4.69, 9.17) is 11.6 Å². The fourth-order valence-electron chi connectivity index (χ4n) is 2.93. The van der Waals surface area contributed by atoms with Crippen LogP contribution in [0.2, 0.25) is 5.02 Å². The van der Waals surface area contributed by atoms with Crippen molar-refractivity contribution in [2.24, 2.45) is 0 Å². The predicted molar refractivity (Wildman–Crippen MR) is 85.6 cm³/mol. The van der Waals surface area contributed by atoms with E-state index in [9.17, 15) is 14.3 Å². The number of nitrogens with one attached hydrogen (secondary N) is 1. The maximum Gasteiger partial charge on any atom is 0.238 e. The van der Waals surface area contributed by atoms with Gasteiger partial charge in [-0.25, -0.2) is 4.39 Å². The largest absolute Gasteiger partial charge is 0.395 e. The number of carbonyl (C=O) groups is 1. The van der Waals surface area contributed by atoms with E-state index < -0.39 is 5.82 Å². The number of carbonyl (C=O) groups excluding carboxylic acids is 1. The zero-order valence-corrected chi connectivity index (χ0v) is 13.3. The normalized spacial score (nSPS) is 16.0. The van der Waals surface area contributed by atoms with Crippen LogP contribution >= 0.6 is 11.6 Å². The predicted octanol–water partition coefficient (Wildman–Crippen LogP) is 3.04. The Labute approximate surface area is 135 Å². The number of nitrogens with zero attached hydrogens (tertiary/aromatic N) is 1. The number of aliphatic hydroxyl groups excluding tert-OH is 1. The third kappa shape index (κ3) is 4.93. The molecule has 2 N–H and O–H groups in total. The van der Waals surface area contributed by atoms with Crippen LogP contribution in [0.1, 0.15) is 32.1 Å². The Balaban J connectivity index is 1.95. The summed E-state index contributed by atoms with van der Waals surface area (Å²) >= 11 is 5.91. The zero-order valence-electron chi connectivity index (χ0n) is 12.5. The molecule has 0 atom stereocenters. The molecule has 0 spiro atoms. The van der Waals surface area contributed by atoms with Crippen molar-refractivity contribution in [3.05, 3.63) is 29.0 Å². The molecule has 0 aliphatic heterocycles. The van der Waals surface area contributed by atoms with Crippen LogP contribution in [0.5, 0.6) is 0 Å². The lowest BCUT2D eigenvalue weighted by Crippen LogP contribution is -2.43. The van der Waals surface area contributed by atoms with E-state index in [1.165, 1.54) is 24.6 Å². The van der Waals surface area contributed by atoms with E-state index >= 15 is 0 Å². The van der Waals surface area contributed by atoms with Crippen molar-refractivity contribution in [1.29, 1.82) is 0 Å². The van der Waals surface area contributed by atoms with E-state index in [1.54, 1.807) is 0 Å². The Morgan fingerprint density at radius 1 is 1.36 bits per heavy atom. The molecule has 4 nitrogen and oxygen atoms in total. The summed E-state index contributed by atoms with van der Waals surface area (Å²) in [5, 5.41) is 12.1. The molecule has 1 aromatic rings. The van der Waals surface area contributed by atoms with Gasteiger partial charge in [0.15, 0.2) is 0 Å². The second kappa shape index (κ2) is 8.46. The van der Waals surface area contributed by atoms with Gasteiger partial charge in [-0.2, -0.15) is 0 Å². The van der Waals surface area contributed by atoms with Gasteiger partial charge in [-0.1, -0.05) is 30.9 Å². The maximum absolute atomic E-state index is 13.0. The van der Waals surface area contributed by atoms with Crippen molar-refractivity contribution in [2.45, 2.75) is 38.1 Å². The number of amides is 1. The lowest BCUT2D eigenvalue weighted by molar-refractivity contribution is -0.118. The molecular formula is C16H22ClFN2O2. The topological polar surface area (TPSA) is 52.6 Å². The molecule has 2 rings (SSSR count). The molecule has 22 heavy (non-hydrogen) atoms. The smallest absolute Gasteiger partial charge is 0.238 e. The van der Waals surface area contributed by atoms with E-state index in [0.717, 1.165) is 25.7 Å². The zero-order chi connectivity index (χ0) is 15.9. The molecule has 0 radical (unpaired) electrons. The van der Waals surface area contributed by atoms with E-state index in [0.29, 0.717) is 18.3 Å². The highest BCUT2D eigenvalue weighted by molar-refractivity contribution is 6.33. The molecule has 0 aromatic heterocycles. The van der Waals surface area contributed by atoms with Crippen LogP contribution in [0.25, 0.3) is 0 Å². The number of aliphatic hydroxyl groups is 1. The third-order valence-corrected chi connectivity index (χ3v) is 4.34. The third-order valence-electron chi connectivity index (χ3n) is 4.03. The first kappa shape index (κ1) is 17.2. The highest BCUT2D eigenvalue weighted by atomic mass is 35.5. The fourth-order valence-corrected chi connectivity index (χ4v) is 3.14. The average molecular weight is 329 g/mol. The van der Waals surface area contributed by atoms with E-state index in [1.807, 2.05) is 4.90 Å². The number of benzene rings is 1. The first-order valence-corrected chi connectivity index (χ1v) is 8.08. The average Bonchev–Trinajstić information content (AvgIpc) is 2.50. The number of anilines is 1. The van der Waals surface area contributed by atoms with Gasteiger partial charge in [0.05, 0.1) is 23.9 Å². The number of halogens is 2. The Morgan fingerprint density at radius 2 is 2.09 bits per heavy atom. The van der Waals surface area contributed by atoms with Crippen LogP contribution in [0, 0.1) is 5.82 Å². The molecule has 1 amide bonds. The monoisotopic (exact) mass is 328 g/mol. The molecular weight excluding hydrogens is 307 g/mol. The molecule has 1 aliphatic carbocycles. The van der Waals surface area contributed by atoms with Gasteiger partial charge in [0, 0.05) is 12.6 Å². The van der Waals surface area contributed by atoms with Gasteiger partial charge in [-0.15, -0.1) is 0 Å². The van der Waals surface area contributed by atoms with Crippen molar-refractivity contribution in [1.82, 2.24) is 4.90 Å². The van der Waals surface area contributed by atoms with Crippen molar-refractivity contribution in [2.75, 3.05) is 25.0 Å². The minimum atomic E-state index is -0.438. The van der Waals surface area contributed by atoms with Crippen LogP contribution in [0.4, 0.5) is 10.1 Å². The highest BCUT2D eigenvalue weighted by Gasteiger charge is 2.22. The van der Waals surface area contributed by atoms with Crippen molar-refractivity contribution in [3.8, 4) is 0 Å². The standard InChI is InChI=1S/C16H22ClFN2O2/c17-14-10-12(18)6-7-15(14)19-16(22)11-20(8-9-21)13-4-2-1-3-5-13/h6-7,10,13,21H,1-5,8-9,11H2,(H,19,22). The summed E-state index contributed by atoms with van der Waals surface area (Å²) in [5.74, 6) is -0.639. The molecule has 1 aromatic carbocycles. The van der Waals surface area contributed by atoms with E-state index in [2.05, 4.69) is 5.32 Å². The molecule has 0 heterocycles. The molecule has 0 bridgehead atoms. The van der Waals surface area contributed by atoms with Gasteiger partial charge in [-0.3, -0.25) is 9.69 Å². The Kier molecular flexibility index (Phi) is 6.61. The van der Waals surface area contributed by atoms with Gasteiger partial charge in [0.25, 0.3) is 0 Å². The highest BCUT2D eigenvalue weighted by Crippen LogP contribution is 2.24. The first-order chi connectivity index (χ1) is 10.6. The van der Waals surface area contributed by atoms with E-state index in [-0.39, 0.29) is 24.1 Å². The second-order valence-corrected chi connectivity index (χ2v) is 6.07. The van der Waals surface area contributed by atoms with Crippen LogP contribution in [0.15, 0.2) is 18.2 Å². The van der Waals surface area contributed by atoms with Gasteiger partial charge >= 0.3 is 0 Å². The Hall–Kier alpha value is -1.17. The first-order valence-electron chi connectivity index (χ1n) is 7.70. The van der Waals surface area contributed by atoms with Gasteiger partial charge in [0.2, 0.25) is 5.91 Å². The Morgan fingerprint density at radius 3 is 2.73 bits per heavy atom. The van der Waals surface area contributed by atoms with Crippen LogP contribution in [0.3, 0.4) is 0 Å². The molecule has 0 saturated heterocycles. The Bertz CT molecular complexity index is 507. The number of hydrogen-bond donors (Lipinski definition) is 2. The molecule has 1 aliphatic rings. The second-order valence-electron chi connectivity index (χ2n) is 5.66. The summed E-state index contributed by atoms with van der Waals surface area (Å²) in [6.07, 6.45) is 5.69.